The van der Waals surface area contributed by atoms with Crippen molar-refractivity contribution in [3.63, 3.8) is 0 Å². The lowest BCUT2D eigenvalue weighted by Crippen LogP contribution is -2.31. The molecule has 2 aromatic rings. The SMILES string of the molecule is COc1ccc(-c2nc(CN(C)[C@H]3CCOC3)c(C)o2)cc1C. The first-order chi connectivity index (χ1) is 11.1. The van der Waals surface area contributed by atoms with Gasteiger partial charge in [-0.3, -0.25) is 4.90 Å². The Morgan fingerprint density at radius 1 is 1.35 bits per heavy atom. The smallest absolute Gasteiger partial charge is 0.226 e. The molecule has 0 N–H and O–H groups in total. The summed E-state index contributed by atoms with van der Waals surface area (Å²) >= 11 is 0. The highest BCUT2D eigenvalue weighted by molar-refractivity contribution is 5.57. The molecule has 0 aliphatic carbocycles. The van der Waals surface area contributed by atoms with Crippen molar-refractivity contribution >= 4 is 0 Å². The fraction of sp³-hybridized carbons (Fsp3) is 0.500. The van der Waals surface area contributed by atoms with Gasteiger partial charge in [-0.15, -0.1) is 0 Å². The van der Waals surface area contributed by atoms with Gasteiger partial charge in [-0.1, -0.05) is 0 Å². The molecule has 2 heterocycles. The molecule has 1 atom stereocenters. The van der Waals surface area contributed by atoms with Gasteiger partial charge in [0, 0.05) is 24.8 Å². The number of aryl methyl sites for hydroxylation is 2. The Hall–Kier alpha value is -1.85. The van der Waals surface area contributed by atoms with E-state index in [-0.39, 0.29) is 0 Å². The van der Waals surface area contributed by atoms with E-state index in [0.717, 1.165) is 54.5 Å². The molecule has 5 nitrogen and oxygen atoms in total. The van der Waals surface area contributed by atoms with Crippen LogP contribution in [0.25, 0.3) is 11.5 Å². The minimum absolute atomic E-state index is 0.470. The first-order valence-corrected chi connectivity index (χ1v) is 7.97. The largest absolute Gasteiger partial charge is 0.496 e. The highest BCUT2D eigenvalue weighted by Gasteiger charge is 2.22. The number of hydrogen-bond acceptors (Lipinski definition) is 5. The average Bonchev–Trinajstić information content (AvgIpc) is 3.18. The van der Waals surface area contributed by atoms with Crippen LogP contribution >= 0.6 is 0 Å². The summed E-state index contributed by atoms with van der Waals surface area (Å²) in [5, 5.41) is 0. The lowest BCUT2D eigenvalue weighted by Gasteiger charge is -2.21. The maximum atomic E-state index is 5.88. The predicted octanol–water partition coefficient (Wildman–Crippen LogP) is 3.19. The van der Waals surface area contributed by atoms with Crippen molar-refractivity contribution in [2.45, 2.75) is 32.9 Å². The Morgan fingerprint density at radius 2 is 2.17 bits per heavy atom. The number of oxazole rings is 1. The van der Waals surface area contributed by atoms with Gasteiger partial charge in [0.2, 0.25) is 5.89 Å². The maximum Gasteiger partial charge on any atom is 0.226 e. The van der Waals surface area contributed by atoms with Crippen molar-refractivity contribution in [2.75, 3.05) is 27.4 Å². The monoisotopic (exact) mass is 316 g/mol. The van der Waals surface area contributed by atoms with E-state index in [2.05, 4.69) is 11.9 Å². The minimum Gasteiger partial charge on any atom is -0.496 e. The number of hydrogen-bond donors (Lipinski definition) is 0. The molecule has 1 aliphatic heterocycles. The van der Waals surface area contributed by atoms with E-state index in [4.69, 9.17) is 18.9 Å². The summed E-state index contributed by atoms with van der Waals surface area (Å²) in [7, 11) is 3.79. The third kappa shape index (κ3) is 3.41. The van der Waals surface area contributed by atoms with E-state index < -0.39 is 0 Å². The normalized spacial score (nSPS) is 17.9. The second-order valence-corrected chi connectivity index (χ2v) is 6.14. The number of benzene rings is 1. The fourth-order valence-corrected chi connectivity index (χ4v) is 2.94. The van der Waals surface area contributed by atoms with Crippen molar-refractivity contribution in [1.82, 2.24) is 9.88 Å². The lowest BCUT2D eigenvalue weighted by molar-refractivity contribution is 0.155. The van der Waals surface area contributed by atoms with Gasteiger partial charge in [-0.05, 0) is 51.1 Å². The molecule has 0 amide bonds. The second-order valence-electron chi connectivity index (χ2n) is 6.14. The first kappa shape index (κ1) is 16.0. The van der Waals surface area contributed by atoms with E-state index >= 15 is 0 Å². The molecule has 5 heteroatoms. The summed E-state index contributed by atoms with van der Waals surface area (Å²) in [6, 6.07) is 6.45. The third-order valence-electron chi connectivity index (χ3n) is 4.46. The number of methoxy groups -OCH3 is 1. The molecular formula is C18H24N2O3. The summed E-state index contributed by atoms with van der Waals surface area (Å²) in [5.74, 6) is 2.41. The average molecular weight is 316 g/mol. The molecule has 0 radical (unpaired) electrons. The number of nitrogens with zero attached hydrogens (tertiary/aromatic N) is 2. The van der Waals surface area contributed by atoms with Crippen LogP contribution in [0.5, 0.6) is 5.75 Å². The van der Waals surface area contributed by atoms with Crippen LogP contribution in [0.15, 0.2) is 22.6 Å². The van der Waals surface area contributed by atoms with E-state index in [1.54, 1.807) is 7.11 Å². The van der Waals surface area contributed by atoms with Crippen LogP contribution in [0.4, 0.5) is 0 Å². The zero-order chi connectivity index (χ0) is 16.4. The zero-order valence-electron chi connectivity index (χ0n) is 14.3. The number of aromatic nitrogens is 1. The molecule has 1 fully saturated rings. The van der Waals surface area contributed by atoms with Crippen molar-refractivity contribution in [1.29, 1.82) is 0 Å². The minimum atomic E-state index is 0.470. The fourth-order valence-electron chi connectivity index (χ4n) is 2.94. The molecule has 0 saturated carbocycles. The van der Waals surface area contributed by atoms with Gasteiger partial charge < -0.3 is 13.9 Å². The van der Waals surface area contributed by atoms with Gasteiger partial charge in [0.25, 0.3) is 0 Å². The van der Waals surface area contributed by atoms with Crippen LogP contribution in [0, 0.1) is 13.8 Å². The Balaban J connectivity index is 1.78. The van der Waals surface area contributed by atoms with Gasteiger partial charge >= 0.3 is 0 Å². The molecule has 124 valence electrons. The number of ether oxygens (including phenoxy) is 2. The van der Waals surface area contributed by atoms with Crippen LogP contribution < -0.4 is 4.74 Å². The first-order valence-electron chi connectivity index (χ1n) is 7.97. The van der Waals surface area contributed by atoms with E-state index in [0.29, 0.717) is 11.9 Å². The molecule has 0 unspecified atom stereocenters. The number of rotatable bonds is 5. The van der Waals surface area contributed by atoms with E-state index in [1.165, 1.54) is 0 Å². The molecule has 1 saturated heterocycles. The summed E-state index contributed by atoms with van der Waals surface area (Å²) < 4.78 is 16.6. The molecule has 23 heavy (non-hydrogen) atoms. The Morgan fingerprint density at radius 3 is 2.83 bits per heavy atom. The van der Waals surface area contributed by atoms with E-state index in [9.17, 15) is 0 Å². The summed E-state index contributed by atoms with van der Waals surface area (Å²) in [4.78, 5) is 6.99. The highest BCUT2D eigenvalue weighted by atomic mass is 16.5. The quantitative estimate of drug-likeness (QED) is 0.848. The second kappa shape index (κ2) is 6.72. The lowest BCUT2D eigenvalue weighted by atomic mass is 10.1. The summed E-state index contributed by atoms with van der Waals surface area (Å²) in [6.45, 7) is 6.42. The maximum absolute atomic E-state index is 5.88. The van der Waals surface area contributed by atoms with Crippen molar-refractivity contribution in [3.8, 4) is 17.2 Å². The molecule has 3 rings (SSSR count). The molecule has 0 spiro atoms. The Bertz CT molecular complexity index is 675. The van der Waals surface area contributed by atoms with Crippen molar-refractivity contribution in [3.05, 3.63) is 35.2 Å². The molecule has 1 aliphatic rings. The standard InChI is InChI=1S/C18H24N2O3/c1-12-9-14(5-6-17(12)21-4)18-19-16(13(2)23-18)10-20(3)15-7-8-22-11-15/h5-6,9,15H,7-8,10-11H2,1-4H3/t15-/m0/s1. The van der Waals surface area contributed by atoms with Crippen LogP contribution in [-0.4, -0.2) is 43.3 Å². The van der Waals surface area contributed by atoms with Gasteiger partial charge in [0.15, 0.2) is 0 Å². The van der Waals surface area contributed by atoms with Gasteiger partial charge in [0.05, 0.1) is 19.4 Å². The van der Waals surface area contributed by atoms with Crippen LogP contribution in [-0.2, 0) is 11.3 Å². The highest BCUT2D eigenvalue weighted by Crippen LogP contribution is 2.27. The predicted molar refractivity (Wildman–Crippen MR) is 88.7 cm³/mol. The molecule has 1 aromatic carbocycles. The number of likely N-dealkylation sites (N-methyl/N-ethyl adjacent to an activating group) is 1. The van der Waals surface area contributed by atoms with Gasteiger partial charge in [0.1, 0.15) is 11.5 Å². The van der Waals surface area contributed by atoms with Crippen molar-refractivity contribution in [2.24, 2.45) is 0 Å². The zero-order valence-corrected chi connectivity index (χ0v) is 14.3. The summed E-state index contributed by atoms with van der Waals surface area (Å²) in [6.07, 6.45) is 1.08. The molecular weight excluding hydrogens is 292 g/mol. The third-order valence-corrected chi connectivity index (χ3v) is 4.46. The van der Waals surface area contributed by atoms with Crippen LogP contribution in [0.1, 0.15) is 23.4 Å². The van der Waals surface area contributed by atoms with Gasteiger partial charge in [-0.25, -0.2) is 4.98 Å². The molecule has 0 bridgehead atoms. The van der Waals surface area contributed by atoms with Gasteiger partial charge in [-0.2, -0.15) is 0 Å². The Labute approximate surface area is 137 Å². The summed E-state index contributed by atoms with van der Waals surface area (Å²) in [5.41, 5.74) is 3.04. The van der Waals surface area contributed by atoms with Crippen molar-refractivity contribution < 1.29 is 13.9 Å². The topological polar surface area (TPSA) is 47.7 Å². The molecule has 1 aromatic heterocycles. The van der Waals surface area contributed by atoms with Crippen LogP contribution in [0.2, 0.25) is 0 Å². The van der Waals surface area contributed by atoms with Crippen LogP contribution in [0.3, 0.4) is 0 Å². The van der Waals surface area contributed by atoms with E-state index in [1.807, 2.05) is 32.0 Å². The Kier molecular flexibility index (Phi) is 4.68.